The molecule has 0 radical (unpaired) electrons. The molecule has 9 nitrogen and oxygen atoms in total. The van der Waals surface area contributed by atoms with Gasteiger partial charge in [0.15, 0.2) is 5.76 Å². The predicted octanol–water partition coefficient (Wildman–Crippen LogP) is 0.516. The van der Waals surface area contributed by atoms with E-state index in [-0.39, 0.29) is 11.7 Å². The Labute approximate surface area is 164 Å². The van der Waals surface area contributed by atoms with Gasteiger partial charge in [-0.1, -0.05) is 0 Å². The Bertz CT molecular complexity index is 744. The molecule has 1 aliphatic rings. The molecule has 1 atom stereocenters. The monoisotopic (exact) mass is 386 g/mol. The van der Waals surface area contributed by atoms with E-state index in [1.165, 1.54) is 6.26 Å². The minimum atomic E-state index is -0.619. The van der Waals surface area contributed by atoms with Crippen LogP contribution in [0, 0.1) is 0 Å². The second-order valence-electron chi connectivity index (χ2n) is 6.69. The van der Waals surface area contributed by atoms with Crippen molar-refractivity contribution in [3.63, 3.8) is 0 Å². The van der Waals surface area contributed by atoms with E-state index in [4.69, 9.17) is 4.42 Å². The third kappa shape index (κ3) is 5.53. The van der Waals surface area contributed by atoms with Crippen molar-refractivity contribution in [1.82, 2.24) is 25.5 Å². The zero-order chi connectivity index (χ0) is 19.8. The molecule has 2 aromatic heterocycles. The number of rotatable bonds is 8. The number of hydrogen-bond donors (Lipinski definition) is 2. The van der Waals surface area contributed by atoms with Crippen LogP contribution < -0.4 is 15.5 Å². The number of hydrogen-bond acceptors (Lipinski definition) is 7. The van der Waals surface area contributed by atoms with Crippen molar-refractivity contribution < 1.29 is 14.0 Å². The Morgan fingerprint density at radius 1 is 1.18 bits per heavy atom. The van der Waals surface area contributed by atoms with Gasteiger partial charge in [0, 0.05) is 45.1 Å². The van der Waals surface area contributed by atoms with Gasteiger partial charge in [0.05, 0.1) is 6.26 Å². The van der Waals surface area contributed by atoms with Crippen LogP contribution in [0.3, 0.4) is 0 Å². The molecule has 150 valence electrons. The predicted molar refractivity (Wildman–Crippen MR) is 104 cm³/mol. The van der Waals surface area contributed by atoms with Gasteiger partial charge in [-0.05, 0) is 38.1 Å². The van der Waals surface area contributed by atoms with Crippen molar-refractivity contribution in [3.8, 4) is 0 Å². The standard InChI is InChI=1S/C19H26N6O3/c1-15(23-18(27)16-5-2-14-28-16)17(26)20-8-4-9-24-10-12-25(13-11-24)19-21-6-3-7-22-19/h2-3,5-7,14-15H,4,8-13H2,1H3,(H,20,26)(H,23,27). The fourth-order valence-corrected chi connectivity index (χ4v) is 3.03. The lowest BCUT2D eigenvalue weighted by Crippen LogP contribution is -2.48. The number of nitrogens with zero attached hydrogens (tertiary/aromatic N) is 4. The highest BCUT2D eigenvalue weighted by molar-refractivity contribution is 5.95. The summed E-state index contributed by atoms with van der Waals surface area (Å²) in [6.45, 7) is 6.82. The van der Waals surface area contributed by atoms with Gasteiger partial charge in [0.25, 0.3) is 5.91 Å². The average Bonchev–Trinajstić information content (AvgIpc) is 3.27. The Balaban J connectivity index is 1.29. The van der Waals surface area contributed by atoms with E-state index in [0.717, 1.165) is 45.1 Å². The first-order valence-corrected chi connectivity index (χ1v) is 9.50. The summed E-state index contributed by atoms with van der Waals surface area (Å²) in [7, 11) is 0. The zero-order valence-corrected chi connectivity index (χ0v) is 16.0. The first kappa shape index (κ1) is 19.8. The van der Waals surface area contributed by atoms with Crippen LogP contribution in [0.15, 0.2) is 41.3 Å². The number of carbonyl (C=O) groups is 2. The molecule has 28 heavy (non-hydrogen) atoms. The molecule has 2 aromatic rings. The topological polar surface area (TPSA) is 104 Å². The van der Waals surface area contributed by atoms with E-state index in [9.17, 15) is 9.59 Å². The average molecular weight is 386 g/mol. The highest BCUT2D eigenvalue weighted by atomic mass is 16.3. The number of furan rings is 1. The van der Waals surface area contributed by atoms with Gasteiger partial charge in [0.2, 0.25) is 11.9 Å². The van der Waals surface area contributed by atoms with Gasteiger partial charge in [0.1, 0.15) is 6.04 Å². The summed E-state index contributed by atoms with van der Waals surface area (Å²) in [6, 6.07) is 4.39. The summed E-state index contributed by atoms with van der Waals surface area (Å²) >= 11 is 0. The largest absolute Gasteiger partial charge is 0.459 e. The first-order chi connectivity index (χ1) is 13.6. The van der Waals surface area contributed by atoms with Crippen LogP contribution >= 0.6 is 0 Å². The molecule has 0 spiro atoms. The number of aromatic nitrogens is 2. The van der Waals surface area contributed by atoms with E-state index < -0.39 is 11.9 Å². The van der Waals surface area contributed by atoms with Gasteiger partial charge in [-0.25, -0.2) is 9.97 Å². The maximum Gasteiger partial charge on any atom is 0.287 e. The summed E-state index contributed by atoms with van der Waals surface area (Å²) < 4.78 is 5.02. The van der Waals surface area contributed by atoms with E-state index in [1.54, 1.807) is 31.5 Å². The highest BCUT2D eigenvalue weighted by Crippen LogP contribution is 2.09. The molecular formula is C19H26N6O3. The fourth-order valence-electron chi connectivity index (χ4n) is 3.03. The summed E-state index contributed by atoms with van der Waals surface area (Å²) in [4.78, 5) is 37.1. The number of amides is 2. The second-order valence-corrected chi connectivity index (χ2v) is 6.69. The molecule has 2 N–H and O–H groups in total. The Kier molecular flexibility index (Phi) is 6.96. The van der Waals surface area contributed by atoms with Crippen LogP contribution in [0.4, 0.5) is 5.95 Å². The molecule has 1 saturated heterocycles. The van der Waals surface area contributed by atoms with Gasteiger partial charge in [-0.15, -0.1) is 0 Å². The minimum absolute atomic E-state index is 0.194. The van der Waals surface area contributed by atoms with E-state index in [2.05, 4.69) is 30.4 Å². The maximum absolute atomic E-state index is 12.1. The molecule has 1 aliphatic heterocycles. The third-order valence-corrected chi connectivity index (χ3v) is 4.64. The van der Waals surface area contributed by atoms with Gasteiger partial charge in [-0.3, -0.25) is 14.5 Å². The van der Waals surface area contributed by atoms with E-state index in [0.29, 0.717) is 6.54 Å². The molecule has 0 bridgehead atoms. The number of nitrogens with one attached hydrogen (secondary N) is 2. The third-order valence-electron chi connectivity index (χ3n) is 4.64. The molecule has 1 unspecified atom stereocenters. The molecule has 3 heterocycles. The number of piperazine rings is 1. The van der Waals surface area contributed by atoms with Crippen molar-refractivity contribution >= 4 is 17.8 Å². The number of carbonyl (C=O) groups excluding carboxylic acids is 2. The summed E-state index contributed by atoms with van der Waals surface area (Å²) in [6.07, 6.45) is 5.80. The molecule has 0 aromatic carbocycles. The Morgan fingerprint density at radius 3 is 2.61 bits per heavy atom. The lowest BCUT2D eigenvalue weighted by atomic mass is 10.2. The van der Waals surface area contributed by atoms with Crippen molar-refractivity contribution in [2.75, 3.05) is 44.2 Å². The maximum atomic E-state index is 12.1. The molecule has 2 amide bonds. The van der Waals surface area contributed by atoms with Gasteiger partial charge >= 0.3 is 0 Å². The van der Waals surface area contributed by atoms with Crippen LogP contribution in [0.25, 0.3) is 0 Å². The molecule has 1 fully saturated rings. The molecule has 3 rings (SSSR count). The molecule has 9 heteroatoms. The van der Waals surface area contributed by atoms with Crippen molar-refractivity contribution in [1.29, 1.82) is 0 Å². The number of anilines is 1. The lowest BCUT2D eigenvalue weighted by Gasteiger charge is -2.34. The minimum Gasteiger partial charge on any atom is -0.459 e. The van der Waals surface area contributed by atoms with Crippen molar-refractivity contribution in [3.05, 3.63) is 42.6 Å². The smallest absolute Gasteiger partial charge is 0.287 e. The zero-order valence-electron chi connectivity index (χ0n) is 16.0. The van der Waals surface area contributed by atoms with Gasteiger partial charge < -0.3 is 20.0 Å². The van der Waals surface area contributed by atoms with E-state index in [1.807, 2.05) is 6.07 Å². The van der Waals surface area contributed by atoms with Crippen LogP contribution in [0.1, 0.15) is 23.9 Å². The fraction of sp³-hybridized carbons (Fsp3) is 0.474. The highest BCUT2D eigenvalue weighted by Gasteiger charge is 2.19. The van der Waals surface area contributed by atoms with Crippen molar-refractivity contribution in [2.24, 2.45) is 0 Å². The van der Waals surface area contributed by atoms with Crippen LogP contribution in [-0.2, 0) is 4.79 Å². The molecule has 0 aliphatic carbocycles. The summed E-state index contributed by atoms with van der Waals surface area (Å²) in [5.74, 6) is 0.374. The SMILES string of the molecule is CC(NC(=O)c1ccco1)C(=O)NCCCN1CCN(c2ncccn2)CC1. The van der Waals surface area contributed by atoms with Crippen LogP contribution in [0.5, 0.6) is 0 Å². The normalized spacial score (nSPS) is 15.8. The quantitative estimate of drug-likeness (QED) is 0.637. The van der Waals surface area contributed by atoms with E-state index >= 15 is 0 Å². The van der Waals surface area contributed by atoms with Crippen LogP contribution in [-0.4, -0.2) is 72.0 Å². The van der Waals surface area contributed by atoms with Gasteiger partial charge in [-0.2, -0.15) is 0 Å². The summed E-state index contributed by atoms with van der Waals surface area (Å²) in [5, 5.41) is 5.49. The first-order valence-electron chi connectivity index (χ1n) is 9.50. The summed E-state index contributed by atoms with van der Waals surface area (Å²) in [5.41, 5.74) is 0. The Morgan fingerprint density at radius 2 is 1.93 bits per heavy atom. The molecule has 0 saturated carbocycles. The second kappa shape index (κ2) is 9.84. The molecular weight excluding hydrogens is 360 g/mol. The lowest BCUT2D eigenvalue weighted by molar-refractivity contribution is -0.122. The Hall–Kier alpha value is -2.94. The van der Waals surface area contributed by atoms with Crippen molar-refractivity contribution in [2.45, 2.75) is 19.4 Å². The van der Waals surface area contributed by atoms with Crippen LogP contribution in [0.2, 0.25) is 0 Å².